The van der Waals surface area contributed by atoms with E-state index < -0.39 is 0 Å². The van der Waals surface area contributed by atoms with E-state index in [1.54, 1.807) is 17.2 Å². The maximum Gasteiger partial charge on any atom is 0.255 e. The summed E-state index contributed by atoms with van der Waals surface area (Å²) in [5, 5.41) is 0.372. The monoisotopic (exact) mass is 347 g/mol. The number of aromatic nitrogens is 2. The molecule has 0 radical (unpaired) electrons. The molecule has 24 heavy (non-hydrogen) atoms. The zero-order valence-corrected chi connectivity index (χ0v) is 14.0. The molecule has 2 aromatic heterocycles. The largest absolute Gasteiger partial charge is 0.445 e. The van der Waals surface area contributed by atoms with Crippen LogP contribution in [0.5, 0.6) is 0 Å². The van der Waals surface area contributed by atoms with Crippen molar-refractivity contribution in [3.05, 3.63) is 46.4 Å². The summed E-state index contributed by atoms with van der Waals surface area (Å²) in [4.78, 5) is 23.0. The second-order valence-corrected chi connectivity index (χ2v) is 6.55. The van der Waals surface area contributed by atoms with Crippen molar-refractivity contribution in [1.82, 2.24) is 14.9 Å². The molecule has 4 heterocycles. The SMILES string of the molecule is O=C(c1ccncc1Cl)N1CCc2oc(C3CCOCC3)nc2C1. The van der Waals surface area contributed by atoms with Crippen molar-refractivity contribution in [3.63, 3.8) is 0 Å². The number of oxazole rings is 1. The molecule has 2 aliphatic rings. The standard InChI is InChI=1S/C17H18ClN3O3/c18-13-9-19-5-1-12(13)17(22)21-6-2-15-14(10-21)20-16(24-15)11-3-7-23-8-4-11/h1,5,9,11H,2-4,6-8,10H2. The van der Waals surface area contributed by atoms with E-state index in [1.807, 2.05) is 0 Å². The lowest BCUT2D eigenvalue weighted by molar-refractivity contribution is 0.0726. The van der Waals surface area contributed by atoms with Gasteiger partial charge in [-0.15, -0.1) is 0 Å². The van der Waals surface area contributed by atoms with Crippen molar-refractivity contribution in [1.29, 1.82) is 0 Å². The van der Waals surface area contributed by atoms with Crippen molar-refractivity contribution in [3.8, 4) is 0 Å². The molecule has 7 heteroatoms. The topological polar surface area (TPSA) is 68.5 Å². The van der Waals surface area contributed by atoms with Gasteiger partial charge in [0.05, 0.1) is 17.1 Å². The van der Waals surface area contributed by atoms with Crippen LogP contribution in [0.4, 0.5) is 0 Å². The average Bonchev–Trinajstić information content (AvgIpc) is 3.05. The number of amides is 1. The predicted molar refractivity (Wildman–Crippen MR) is 87.0 cm³/mol. The maximum absolute atomic E-state index is 12.7. The molecule has 0 unspecified atom stereocenters. The van der Waals surface area contributed by atoms with Gasteiger partial charge in [-0.25, -0.2) is 4.98 Å². The molecule has 1 saturated heterocycles. The predicted octanol–water partition coefficient (Wildman–Crippen LogP) is 2.82. The minimum absolute atomic E-state index is 0.0938. The van der Waals surface area contributed by atoms with Gasteiger partial charge in [0.25, 0.3) is 5.91 Å². The Bertz CT molecular complexity index is 755. The Morgan fingerprint density at radius 2 is 2.17 bits per heavy atom. The van der Waals surface area contributed by atoms with E-state index in [4.69, 9.17) is 20.8 Å². The van der Waals surface area contributed by atoms with E-state index >= 15 is 0 Å². The van der Waals surface area contributed by atoms with Gasteiger partial charge in [-0.3, -0.25) is 9.78 Å². The van der Waals surface area contributed by atoms with Crippen LogP contribution in [0, 0.1) is 0 Å². The lowest BCUT2D eigenvalue weighted by Crippen LogP contribution is -2.36. The molecule has 1 amide bonds. The summed E-state index contributed by atoms with van der Waals surface area (Å²) in [6, 6.07) is 1.65. The number of nitrogens with zero attached hydrogens (tertiary/aromatic N) is 3. The van der Waals surface area contributed by atoms with E-state index in [1.165, 1.54) is 6.20 Å². The third-order valence-corrected chi connectivity index (χ3v) is 4.91. The van der Waals surface area contributed by atoms with Crippen molar-refractivity contribution >= 4 is 17.5 Å². The van der Waals surface area contributed by atoms with Crippen molar-refractivity contribution < 1.29 is 13.9 Å². The lowest BCUT2D eigenvalue weighted by Gasteiger charge is -2.25. The molecule has 0 N–H and O–H groups in total. The summed E-state index contributed by atoms with van der Waals surface area (Å²) >= 11 is 6.09. The van der Waals surface area contributed by atoms with Crippen LogP contribution in [0.2, 0.25) is 5.02 Å². The minimum atomic E-state index is -0.0938. The molecule has 1 fully saturated rings. The van der Waals surface area contributed by atoms with Crippen LogP contribution in [0.3, 0.4) is 0 Å². The molecule has 6 nitrogen and oxygen atoms in total. The molecule has 4 rings (SSSR count). The van der Waals surface area contributed by atoms with Gasteiger partial charge in [0.1, 0.15) is 11.5 Å². The molecule has 0 aliphatic carbocycles. The van der Waals surface area contributed by atoms with E-state index in [2.05, 4.69) is 9.97 Å². The Hall–Kier alpha value is -1.92. The van der Waals surface area contributed by atoms with Crippen LogP contribution in [-0.2, 0) is 17.7 Å². The highest BCUT2D eigenvalue weighted by molar-refractivity contribution is 6.33. The second-order valence-electron chi connectivity index (χ2n) is 6.14. The van der Waals surface area contributed by atoms with Crippen molar-refractivity contribution in [2.45, 2.75) is 31.7 Å². The number of halogens is 1. The van der Waals surface area contributed by atoms with Crippen LogP contribution < -0.4 is 0 Å². The van der Waals surface area contributed by atoms with Gasteiger partial charge in [-0.05, 0) is 18.9 Å². The van der Waals surface area contributed by atoms with Crippen LogP contribution in [0.15, 0.2) is 22.9 Å². The van der Waals surface area contributed by atoms with E-state index in [0.29, 0.717) is 36.0 Å². The van der Waals surface area contributed by atoms with E-state index in [-0.39, 0.29) is 5.91 Å². The fourth-order valence-electron chi connectivity index (χ4n) is 3.23. The Morgan fingerprint density at radius 1 is 1.33 bits per heavy atom. The lowest BCUT2D eigenvalue weighted by atomic mass is 10.0. The average molecular weight is 348 g/mol. The number of rotatable bonds is 2. The Kier molecular flexibility index (Phi) is 4.24. The number of fused-ring (bicyclic) bond motifs is 1. The van der Waals surface area contributed by atoms with Crippen LogP contribution in [-0.4, -0.2) is 40.5 Å². The zero-order valence-electron chi connectivity index (χ0n) is 13.2. The number of hydrogen-bond donors (Lipinski definition) is 0. The molecular formula is C17H18ClN3O3. The van der Waals surface area contributed by atoms with Gasteiger partial charge in [0.15, 0.2) is 5.89 Å². The fraction of sp³-hybridized carbons (Fsp3) is 0.471. The Morgan fingerprint density at radius 3 is 2.96 bits per heavy atom. The van der Waals surface area contributed by atoms with Crippen LogP contribution >= 0.6 is 11.6 Å². The number of hydrogen-bond acceptors (Lipinski definition) is 5. The number of carbonyl (C=O) groups is 1. The first-order chi connectivity index (χ1) is 11.7. The van der Waals surface area contributed by atoms with Gasteiger partial charge in [-0.1, -0.05) is 11.6 Å². The Labute approximate surface area is 144 Å². The van der Waals surface area contributed by atoms with E-state index in [9.17, 15) is 4.79 Å². The van der Waals surface area contributed by atoms with Gasteiger partial charge < -0.3 is 14.1 Å². The minimum Gasteiger partial charge on any atom is -0.445 e. The first-order valence-electron chi connectivity index (χ1n) is 8.17. The van der Waals surface area contributed by atoms with Crippen LogP contribution in [0.1, 0.15) is 46.5 Å². The van der Waals surface area contributed by atoms with Crippen molar-refractivity contribution in [2.75, 3.05) is 19.8 Å². The fourth-order valence-corrected chi connectivity index (χ4v) is 3.43. The van der Waals surface area contributed by atoms with Gasteiger partial charge in [-0.2, -0.15) is 0 Å². The van der Waals surface area contributed by atoms with E-state index in [0.717, 1.165) is 43.4 Å². The maximum atomic E-state index is 12.7. The molecule has 0 atom stereocenters. The zero-order chi connectivity index (χ0) is 16.5. The van der Waals surface area contributed by atoms with Gasteiger partial charge in [0.2, 0.25) is 0 Å². The molecule has 0 aromatic carbocycles. The van der Waals surface area contributed by atoms with Crippen molar-refractivity contribution in [2.24, 2.45) is 0 Å². The molecule has 0 spiro atoms. The molecule has 126 valence electrons. The Balaban J connectivity index is 1.52. The highest BCUT2D eigenvalue weighted by Crippen LogP contribution is 2.30. The molecule has 2 aliphatic heterocycles. The highest BCUT2D eigenvalue weighted by atomic mass is 35.5. The van der Waals surface area contributed by atoms with Gasteiger partial charge >= 0.3 is 0 Å². The quantitative estimate of drug-likeness (QED) is 0.835. The molecule has 2 aromatic rings. The summed E-state index contributed by atoms with van der Waals surface area (Å²) in [7, 11) is 0. The molecule has 0 bridgehead atoms. The van der Waals surface area contributed by atoms with Crippen LogP contribution in [0.25, 0.3) is 0 Å². The summed E-state index contributed by atoms with van der Waals surface area (Å²) in [5.74, 6) is 1.92. The normalized spacial score (nSPS) is 18.5. The third kappa shape index (κ3) is 2.91. The summed E-state index contributed by atoms with van der Waals surface area (Å²) < 4.78 is 11.4. The number of carbonyl (C=O) groups excluding carboxylic acids is 1. The molecular weight excluding hydrogens is 330 g/mol. The summed E-state index contributed by atoms with van der Waals surface area (Å²) in [6.07, 6.45) is 5.63. The highest BCUT2D eigenvalue weighted by Gasteiger charge is 2.29. The second kappa shape index (κ2) is 6.53. The molecule has 0 saturated carbocycles. The first kappa shape index (κ1) is 15.6. The van der Waals surface area contributed by atoms with Gasteiger partial charge in [0, 0.05) is 44.5 Å². The summed E-state index contributed by atoms with van der Waals surface area (Å²) in [5.41, 5.74) is 1.34. The summed E-state index contributed by atoms with van der Waals surface area (Å²) in [6.45, 7) is 2.57. The third-order valence-electron chi connectivity index (χ3n) is 4.60. The first-order valence-corrected chi connectivity index (χ1v) is 8.55. The number of pyridine rings is 1. The number of ether oxygens (including phenoxy) is 1. The smallest absolute Gasteiger partial charge is 0.255 e.